The Balaban J connectivity index is 1.53. The van der Waals surface area contributed by atoms with Gasteiger partial charge in [-0.25, -0.2) is 4.79 Å². The maximum absolute atomic E-state index is 12.9. The molecule has 170 valence electrons. The van der Waals surface area contributed by atoms with Crippen LogP contribution in [0.4, 0.5) is 16.2 Å². The number of guanidine groups is 1. The number of hydrogen-bond acceptors (Lipinski definition) is 5. The minimum absolute atomic E-state index is 0.0842. The molecule has 6 N–H and O–H groups in total. The highest BCUT2D eigenvalue weighted by Gasteiger charge is 2.45. The molecule has 1 fully saturated rings. The summed E-state index contributed by atoms with van der Waals surface area (Å²) in [6, 6.07) is 13.9. The third kappa shape index (κ3) is 5.55. The van der Waals surface area contributed by atoms with Crippen molar-refractivity contribution in [1.29, 1.82) is 5.41 Å². The lowest BCUT2D eigenvalue weighted by Gasteiger charge is -2.24. The Labute approximate surface area is 187 Å². The number of anilines is 2. The van der Waals surface area contributed by atoms with Gasteiger partial charge in [0.25, 0.3) is 5.91 Å². The van der Waals surface area contributed by atoms with Gasteiger partial charge in [-0.05, 0) is 48.6 Å². The fourth-order valence-electron chi connectivity index (χ4n) is 3.86. The van der Waals surface area contributed by atoms with Gasteiger partial charge in [-0.3, -0.25) is 25.8 Å². The van der Waals surface area contributed by atoms with Crippen molar-refractivity contribution in [3.63, 3.8) is 0 Å². The number of amides is 3. The smallest absolute Gasteiger partial charge is 0.319 e. The number of hydrogen-bond donors (Lipinski definition) is 6. The second kappa shape index (κ2) is 9.69. The van der Waals surface area contributed by atoms with Gasteiger partial charge in [-0.1, -0.05) is 44.2 Å². The number of carbonyl (C=O) groups excluding carboxylic acids is 2. The van der Waals surface area contributed by atoms with Crippen LogP contribution in [0.2, 0.25) is 0 Å². The summed E-state index contributed by atoms with van der Waals surface area (Å²) in [7, 11) is 0. The fraction of sp³-hybridized carbons (Fsp3) is 0.348. The van der Waals surface area contributed by atoms with Crippen LogP contribution in [-0.2, 0) is 17.9 Å². The maximum Gasteiger partial charge on any atom is 0.319 e. The van der Waals surface area contributed by atoms with Gasteiger partial charge in [0.1, 0.15) is 5.54 Å². The molecule has 0 aromatic heterocycles. The second-order valence-corrected chi connectivity index (χ2v) is 8.61. The van der Waals surface area contributed by atoms with Crippen LogP contribution in [0.25, 0.3) is 0 Å². The molecule has 1 aliphatic heterocycles. The molecule has 1 aliphatic rings. The van der Waals surface area contributed by atoms with Crippen molar-refractivity contribution >= 4 is 29.3 Å². The molecule has 0 aliphatic carbocycles. The summed E-state index contributed by atoms with van der Waals surface area (Å²) in [6.45, 7) is 6.62. The lowest BCUT2D eigenvalue weighted by Crippen LogP contribution is -2.44. The van der Waals surface area contributed by atoms with Crippen LogP contribution in [0.3, 0.4) is 0 Å². The standard InChI is InChI=1S/C23H30N6O3/c1-15(2)12-23(3)20(30)29(21(24)27-23)14-17-9-7-16(8-10-17)13-25-22(31)26-18-5-4-6-19(11-18)28-32/h4-11,15,28,32H,12-14H2,1-3H3,(H2,24,27)(H2,25,26,31). The Morgan fingerprint density at radius 3 is 2.47 bits per heavy atom. The lowest BCUT2D eigenvalue weighted by molar-refractivity contribution is -0.131. The van der Waals surface area contributed by atoms with Crippen molar-refractivity contribution in [3.8, 4) is 0 Å². The molecule has 9 nitrogen and oxygen atoms in total. The molecule has 1 heterocycles. The molecule has 1 atom stereocenters. The molecular formula is C23H30N6O3. The summed E-state index contributed by atoms with van der Waals surface area (Å²) in [5.74, 6) is 0.378. The van der Waals surface area contributed by atoms with Gasteiger partial charge in [0.05, 0.1) is 12.2 Å². The summed E-state index contributed by atoms with van der Waals surface area (Å²) < 4.78 is 0. The predicted molar refractivity (Wildman–Crippen MR) is 123 cm³/mol. The maximum atomic E-state index is 12.9. The Hall–Kier alpha value is -3.59. The fourth-order valence-corrected chi connectivity index (χ4v) is 3.86. The van der Waals surface area contributed by atoms with E-state index in [4.69, 9.17) is 10.6 Å². The Bertz CT molecular complexity index is 991. The molecule has 0 saturated carbocycles. The van der Waals surface area contributed by atoms with Gasteiger partial charge < -0.3 is 16.0 Å². The highest BCUT2D eigenvalue weighted by molar-refractivity contribution is 6.07. The molecule has 1 saturated heterocycles. The van der Waals surface area contributed by atoms with Crippen molar-refractivity contribution in [3.05, 3.63) is 59.7 Å². The number of urea groups is 1. The first-order chi connectivity index (χ1) is 15.2. The van der Waals surface area contributed by atoms with Gasteiger partial charge in [0.15, 0.2) is 5.96 Å². The van der Waals surface area contributed by atoms with Crippen molar-refractivity contribution in [1.82, 2.24) is 15.5 Å². The highest BCUT2D eigenvalue weighted by atomic mass is 16.5. The Kier molecular flexibility index (Phi) is 6.99. The van der Waals surface area contributed by atoms with E-state index in [0.717, 1.165) is 11.1 Å². The number of nitrogens with one attached hydrogen (secondary N) is 5. The SMILES string of the molecule is CC(C)CC1(C)NC(=N)N(Cc2ccc(CNC(=O)Nc3cccc(NO)c3)cc2)C1=O. The van der Waals surface area contributed by atoms with E-state index >= 15 is 0 Å². The minimum atomic E-state index is -0.741. The van der Waals surface area contributed by atoms with Gasteiger partial charge in [0.2, 0.25) is 0 Å². The Morgan fingerprint density at radius 1 is 1.16 bits per heavy atom. The highest BCUT2D eigenvalue weighted by Crippen LogP contribution is 2.26. The summed E-state index contributed by atoms with van der Waals surface area (Å²) in [5.41, 5.74) is 4.12. The molecule has 32 heavy (non-hydrogen) atoms. The van der Waals surface area contributed by atoms with E-state index in [0.29, 0.717) is 36.8 Å². The second-order valence-electron chi connectivity index (χ2n) is 8.61. The third-order valence-corrected chi connectivity index (χ3v) is 5.26. The molecule has 2 aromatic carbocycles. The van der Waals surface area contributed by atoms with Crippen molar-refractivity contribution in [2.24, 2.45) is 5.92 Å². The van der Waals surface area contributed by atoms with E-state index < -0.39 is 5.54 Å². The van der Waals surface area contributed by atoms with Crippen LogP contribution in [0.5, 0.6) is 0 Å². The first kappa shape index (κ1) is 23.1. The largest absolute Gasteiger partial charge is 0.342 e. The summed E-state index contributed by atoms with van der Waals surface area (Å²) in [6.07, 6.45) is 0.665. The topological polar surface area (TPSA) is 130 Å². The normalized spacial score (nSPS) is 18.0. The third-order valence-electron chi connectivity index (χ3n) is 5.26. The van der Waals surface area contributed by atoms with E-state index in [2.05, 4.69) is 29.8 Å². The molecule has 2 aromatic rings. The molecule has 0 spiro atoms. The number of benzene rings is 2. The molecule has 3 amide bonds. The van der Waals surface area contributed by atoms with E-state index in [1.54, 1.807) is 24.3 Å². The van der Waals surface area contributed by atoms with Crippen LogP contribution in [0, 0.1) is 11.3 Å². The van der Waals surface area contributed by atoms with Crippen LogP contribution < -0.4 is 21.4 Å². The minimum Gasteiger partial charge on any atom is -0.342 e. The van der Waals surface area contributed by atoms with Crippen molar-refractivity contribution in [2.75, 3.05) is 10.8 Å². The average Bonchev–Trinajstić information content (AvgIpc) is 2.95. The van der Waals surface area contributed by atoms with E-state index in [-0.39, 0.29) is 17.9 Å². The molecule has 9 heteroatoms. The average molecular weight is 439 g/mol. The van der Waals surface area contributed by atoms with Gasteiger partial charge in [-0.15, -0.1) is 0 Å². The summed E-state index contributed by atoms with van der Waals surface area (Å²) >= 11 is 0. The number of nitrogens with zero attached hydrogens (tertiary/aromatic N) is 1. The first-order valence-electron chi connectivity index (χ1n) is 10.5. The Morgan fingerprint density at radius 2 is 1.81 bits per heavy atom. The first-order valence-corrected chi connectivity index (χ1v) is 10.5. The van der Waals surface area contributed by atoms with Crippen LogP contribution in [-0.4, -0.2) is 33.5 Å². The monoisotopic (exact) mass is 438 g/mol. The van der Waals surface area contributed by atoms with Gasteiger partial charge in [-0.2, -0.15) is 0 Å². The molecule has 0 radical (unpaired) electrons. The van der Waals surface area contributed by atoms with Gasteiger partial charge >= 0.3 is 6.03 Å². The molecule has 3 rings (SSSR count). The zero-order chi connectivity index (χ0) is 23.3. The quantitative estimate of drug-likeness (QED) is 0.352. The van der Waals surface area contributed by atoms with Crippen LogP contribution in [0.1, 0.15) is 38.3 Å². The van der Waals surface area contributed by atoms with Gasteiger partial charge in [0, 0.05) is 12.2 Å². The van der Waals surface area contributed by atoms with Crippen LogP contribution >= 0.6 is 0 Å². The van der Waals surface area contributed by atoms with E-state index in [1.807, 2.05) is 36.7 Å². The van der Waals surface area contributed by atoms with E-state index in [9.17, 15) is 9.59 Å². The zero-order valence-corrected chi connectivity index (χ0v) is 18.5. The molecule has 0 bridgehead atoms. The van der Waals surface area contributed by atoms with Crippen molar-refractivity contribution in [2.45, 2.75) is 45.8 Å². The zero-order valence-electron chi connectivity index (χ0n) is 18.5. The van der Waals surface area contributed by atoms with E-state index in [1.165, 1.54) is 4.90 Å². The summed E-state index contributed by atoms with van der Waals surface area (Å²) in [5, 5.41) is 25.6. The lowest BCUT2D eigenvalue weighted by atomic mass is 9.91. The number of carbonyl (C=O) groups is 2. The molecule has 1 unspecified atom stereocenters. The van der Waals surface area contributed by atoms with Crippen molar-refractivity contribution < 1.29 is 14.8 Å². The molecular weight excluding hydrogens is 408 g/mol. The van der Waals surface area contributed by atoms with Crippen LogP contribution in [0.15, 0.2) is 48.5 Å². The number of rotatable bonds is 8. The summed E-state index contributed by atoms with van der Waals surface area (Å²) in [4.78, 5) is 26.4. The predicted octanol–water partition coefficient (Wildman–Crippen LogP) is 3.48.